The quantitative estimate of drug-likeness (QED) is 0.709. The molecule has 3 amide bonds. The molecule has 0 N–H and O–H groups in total. The van der Waals surface area contributed by atoms with E-state index in [-0.39, 0.29) is 30.9 Å². The number of fused-ring (bicyclic) bond motifs is 2. The second-order valence-electron chi connectivity index (χ2n) is 7.64. The zero-order valence-corrected chi connectivity index (χ0v) is 17.2. The fourth-order valence-electron chi connectivity index (χ4n) is 4.00. The predicted octanol–water partition coefficient (Wildman–Crippen LogP) is 1.96. The molecule has 2 heterocycles. The van der Waals surface area contributed by atoms with Gasteiger partial charge >= 0.3 is 0 Å². The molecule has 156 valence electrons. The number of ether oxygens (including phenoxy) is 1. The molecule has 30 heavy (non-hydrogen) atoms. The molecule has 0 aromatic heterocycles. The first-order valence-electron chi connectivity index (χ1n) is 10.1. The van der Waals surface area contributed by atoms with E-state index in [2.05, 4.69) is 11.8 Å². The number of para-hydroxylation sites is 2. The van der Waals surface area contributed by atoms with E-state index in [9.17, 15) is 14.4 Å². The number of carbonyl (C=O) groups excluding carboxylic acids is 3. The first kappa shape index (κ1) is 19.9. The lowest BCUT2D eigenvalue weighted by Crippen LogP contribution is -2.51. The Morgan fingerprint density at radius 1 is 1.13 bits per heavy atom. The molecule has 7 heteroatoms. The van der Waals surface area contributed by atoms with Crippen LogP contribution in [0.5, 0.6) is 5.75 Å². The Labute approximate surface area is 175 Å². The highest BCUT2D eigenvalue weighted by atomic mass is 16.5. The SMILES string of the molecule is CCN1C[C@@H](CN(C)C(=O)CN2C(=O)Cc3ccccc3C2=O)Oc2ccccc21. The van der Waals surface area contributed by atoms with Crippen LogP contribution in [0.2, 0.25) is 0 Å². The molecule has 0 saturated carbocycles. The van der Waals surface area contributed by atoms with Crippen molar-refractivity contribution < 1.29 is 19.1 Å². The van der Waals surface area contributed by atoms with Gasteiger partial charge in [-0.05, 0) is 30.7 Å². The highest BCUT2D eigenvalue weighted by molar-refractivity contribution is 6.11. The summed E-state index contributed by atoms with van der Waals surface area (Å²) in [7, 11) is 1.68. The number of rotatable bonds is 5. The summed E-state index contributed by atoms with van der Waals surface area (Å²) in [5.41, 5.74) is 2.24. The Bertz CT molecular complexity index is 990. The molecule has 2 aliphatic rings. The number of anilines is 1. The Kier molecular flexibility index (Phi) is 5.44. The van der Waals surface area contributed by atoms with Crippen LogP contribution < -0.4 is 9.64 Å². The molecule has 0 aliphatic carbocycles. The van der Waals surface area contributed by atoms with E-state index in [0.717, 1.165) is 22.9 Å². The summed E-state index contributed by atoms with van der Waals surface area (Å²) in [4.78, 5) is 42.7. The van der Waals surface area contributed by atoms with Gasteiger partial charge in [-0.25, -0.2) is 0 Å². The summed E-state index contributed by atoms with van der Waals surface area (Å²) in [6.45, 7) is 3.70. The van der Waals surface area contributed by atoms with Crippen molar-refractivity contribution in [1.29, 1.82) is 0 Å². The molecule has 2 aromatic rings. The maximum absolute atomic E-state index is 12.8. The minimum atomic E-state index is -0.413. The molecular formula is C23H25N3O4. The summed E-state index contributed by atoms with van der Waals surface area (Å²) >= 11 is 0. The van der Waals surface area contributed by atoms with Crippen LogP contribution in [0, 0.1) is 0 Å². The van der Waals surface area contributed by atoms with Gasteiger partial charge in [0.25, 0.3) is 5.91 Å². The zero-order chi connectivity index (χ0) is 21.3. The lowest BCUT2D eigenvalue weighted by Gasteiger charge is -2.37. The van der Waals surface area contributed by atoms with E-state index in [1.807, 2.05) is 24.3 Å². The Morgan fingerprint density at radius 3 is 2.67 bits per heavy atom. The molecule has 4 rings (SSSR count). The molecule has 1 atom stereocenters. The van der Waals surface area contributed by atoms with Crippen LogP contribution >= 0.6 is 0 Å². The summed E-state index contributed by atoms with van der Waals surface area (Å²) in [6.07, 6.45) is -0.0605. The molecule has 2 aliphatic heterocycles. The van der Waals surface area contributed by atoms with Crippen LogP contribution in [-0.4, -0.2) is 66.9 Å². The van der Waals surface area contributed by atoms with Crippen LogP contribution in [0.3, 0.4) is 0 Å². The van der Waals surface area contributed by atoms with Crippen molar-refractivity contribution in [3.8, 4) is 5.75 Å². The number of benzene rings is 2. The fourth-order valence-corrected chi connectivity index (χ4v) is 4.00. The lowest BCUT2D eigenvalue weighted by atomic mass is 9.98. The van der Waals surface area contributed by atoms with Gasteiger partial charge in [-0.3, -0.25) is 19.3 Å². The summed E-state index contributed by atoms with van der Waals surface area (Å²) < 4.78 is 6.08. The van der Waals surface area contributed by atoms with Crippen LogP contribution in [0.1, 0.15) is 22.8 Å². The smallest absolute Gasteiger partial charge is 0.261 e. The average molecular weight is 407 g/mol. The molecule has 7 nitrogen and oxygen atoms in total. The van der Waals surface area contributed by atoms with Gasteiger partial charge in [-0.15, -0.1) is 0 Å². The van der Waals surface area contributed by atoms with E-state index >= 15 is 0 Å². The van der Waals surface area contributed by atoms with Crippen molar-refractivity contribution in [1.82, 2.24) is 9.80 Å². The van der Waals surface area contributed by atoms with Crippen LogP contribution in [0.25, 0.3) is 0 Å². The zero-order valence-electron chi connectivity index (χ0n) is 17.2. The number of imide groups is 1. The second-order valence-corrected chi connectivity index (χ2v) is 7.64. The fraction of sp³-hybridized carbons (Fsp3) is 0.348. The molecule has 0 radical (unpaired) electrons. The van der Waals surface area contributed by atoms with Crippen LogP contribution in [0.4, 0.5) is 5.69 Å². The molecule has 0 bridgehead atoms. The second kappa shape index (κ2) is 8.18. The molecule has 0 spiro atoms. The van der Waals surface area contributed by atoms with Gasteiger partial charge in [0, 0.05) is 19.2 Å². The predicted molar refractivity (Wildman–Crippen MR) is 113 cm³/mol. The number of hydrogen-bond donors (Lipinski definition) is 0. The topological polar surface area (TPSA) is 70.2 Å². The van der Waals surface area contributed by atoms with Crippen molar-refractivity contribution in [2.24, 2.45) is 0 Å². The standard InChI is InChI=1S/C23H25N3O4/c1-3-25-14-17(30-20-11-7-6-10-19(20)25)13-24(2)22(28)15-26-21(27)12-16-8-4-5-9-18(16)23(26)29/h4-11,17H,3,12-15H2,1-2H3/t17-/m1/s1. The summed E-state index contributed by atoms with van der Waals surface area (Å²) in [6, 6.07) is 14.9. The molecular weight excluding hydrogens is 382 g/mol. The third-order valence-corrected chi connectivity index (χ3v) is 5.64. The summed E-state index contributed by atoms with van der Waals surface area (Å²) in [5, 5.41) is 0. The van der Waals surface area contributed by atoms with E-state index in [1.165, 1.54) is 4.90 Å². The highest BCUT2D eigenvalue weighted by Crippen LogP contribution is 2.32. The molecule has 0 saturated heterocycles. The normalized spacial score (nSPS) is 17.9. The van der Waals surface area contributed by atoms with Crippen molar-refractivity contribution in [2.45, 2.75) is 19.4 Å². The maximum atomic E-state index is 12.8. The Balaban J connectivity index is 1.41. The van der Waals surface area contributed by atoms with E-state index in [1.54, 1.807) is 31.3 Å². The molecule has 0 fully saturated rings. The Hall–Kier alpha value is -3.35. The Morgan fingerprint density at radius 2 is 1.87 bits per heavy atom. The molecule has 0 unspecified atom stereocenters. The number of nitrogens with zero attached hydrogens (tertiary/aromatic N) is 3. The first-order valence-corrected chi connectivity index (χ1v) is 10.1. The van der Waals surface area contributed by atoms with Crippen molar-refractivity contribution in [3.05, 3.63) is 59.7 Å². The van der Waals surface area contributed by atoms with Gasteiger partial charge in [0.2, 0.25) is 11.8 Å². The third kappa shape index (κ3) is 3.75. The largest absolute Gasteiger partial charge is 0.485 e. The van der Waals surface area contributed by atoms with Gasteiger partial charge in [0.15, 0.2) is 0 Å². The van der Waals surface area contributed by atoms with Gasteiger partial charge in [-0.1, -0.05) is 30.3 Å². The maximum Gasteiger partial charge on any atom is 0.261 e. The number of amides is 3. The minimum Gasteiger partial charge on any atom is -0.485 e. The average Bonchev–Trinajstić information content (AvgIpc) is 2.75. The van der Waals surface area contributed by atoms with Crippen LogP contribution in [-0.2, 0) is 16.0 Å². The first-order chi connectivity index (χ1) is 14.5. The highest BCUT2D eigenvalue weighted by Gasteiger charge is 2.33. The van der Waals surface area contributed by atoms with Gasteiger partial charge in [0.1, 0.15) is 18.4 Å². The van der Waals surface area contributed by atoms with E-state index in [4.69, 9.17) is 4.74 Å². The van der Waals surface area contributed by atoms with E-state index in [0.29, 0.717) is 24.2 Å². The van der Waals surface area contributed by atoms with Gasteiger partial charge < -0.3 is 14.5 Å². The molecule has 2 aromatic carbocycles. The number of carbonyl (C=O) groups is 3. The lowest BCUT2D eigenvalue weighted by molar-refractivity contribution is -0.138. The number of likely N-dealkylation sites (N-methyl/N-ethyl adjacent to an activating group) is 2. The van der Waals surface area contributed by atoms with Gasteiger partial charge in [0.05, 0.1) is 25.2 Å². The van der Waals surface area contributed by atoms with Crippen molar-refractivity contribution >= 4 is 23.4 Å². The minimum absolute atomic E-state index is 0.132. The van der Waals surface area contributed by atoms with Crippen LogP contribution in [0.15, 0.2) is 48.5 Å². The van der Waals surface area contributed by atoms with Crippen molar-refractivity contribution in [2.75, 3.05) is 38.1 Å². The monoisotopic (exact) mass is 407 g/mol. The third-order valence-electron chi connectivity index (χ3n) is 5.64. The summed E-state index contributed by atoms with van der Waals surface area (Å²) in [5.74, 6) is -0.250. The van der Waals surface area contributed by atoms with E-state index < -0.39 is 5.91 Å². The van der Waals surface area contributed by atoms with Gasteiger partial charge in [-0.2, -0.15) is 0 Å². The number of hydrogen-bond acceptors (Lipinski definition) is 5. The van der Waals surface area contributed by atoms with Crippen molar-refractivity contribution in [3.63, 3.8) is 0 Å².